The summed E-state index contributed by atoms with van der Waals surface area (Å²) in [7, 11) is 1.65. The lowest BCUT2D eigenvalue weighted by Gasteiger charge is -2.30. The molecule has 0 radical (unpaired) electrons. The van der Waals surface area contributed by atoms with E-state index >= 15 is 0 Å². The number of hydrogen-bond acceptors (Lipinski definition) is 8. The summed E-state index contributed by atoms with van der Waals surface area (Å²) in [5, 5.41) is 9.29. The number of benzene rings is 1. The molecular formula is C20H30N2O8. The Balaban J connectivity index is 2.60. The van der Waals surface area contributed by atoms with Crippen molar-refractivity contribution in [1.82, 2.24) is 4.90 Å². The Kier molecular flexibility index (Phi) is 11.9. The zero-order valence-electron chi connectivity index (χ0n) is 17.7. The lowest BCUT2D eigenvalue weighted by Crippen LogP contribution is -2.44. The molecule has 10 nitrogen and oxygen atoms in total. The molecule has 0 heterocycles. The van der Waals surface area contributed by atoms with Crippen LogP contribution in [0, 0.1) is 10.1 Å². The van der Waals surface area contributed by atoms with E-state index in [2.05, 4.69) is 4.84 Å². The highest BCUT2D eigenvalue weighted by molar-refractivity contribution is 5.76. The Bertz CT molecular complexity index is 651. The third-order valence-electron chi connectivity index (χ3n) is 4.28. The molecule has 0 aliphatic heterocycles. The van der Waals surface area contributed by atoms with E-state index in [0.717, 1.165) is 12.0 Å². The first-order valence-corrected chi connectivity index (χ1v) is 9.74. The predicted octanol–water partition coefficient (Wildman–Crippen LogP) is 2.02. The van der Waals surface area contributed by atoms with E-state index in [4.69, 9.17) is 14.2 Å². The van der Waals surface area contributed by atoms with E-state index in [0.29, 0.717) is 18.8 Å². The Morgan fingerprint density at radius 2 is 1.93 bits per heavy atom. The molecule has 1 rings (SSSR count). The molecule has 1 amide bonds. The van der Waals surface area contributed by atoms with Crippen molar-refractivity contribution in [3.8, 4) is 5.75 Å². The highest BCUT2D eigenvalue weighted by Gasteiger charge is 2.23. The van der Waals surface area contributed by atoms with Gasteiger partial charge in [0.25, 0.3) is 11.6 Å². The molecule has 1 unspecified atom stereocenters. The van der Waals surface area contributed by atoms with Crippen molar-refractivity contribution in [3.63, 3.8) is 0 Å². The van der Waals surface area contributed by atoms with E-state index in [1.807, 2.05) is 38.1 Å². The maximum absolute atomic E-state index is 12.5. The average molecular weight is 426 g/mol. The molecule has 0 aliphatic carbocycles. The molecule has 0 saturated carbocycles. The van der Waals surface area contributed by atoms with E-state index in [1.165, 1.54) is 0 Å². The number of nitrogens with zero attached hydrogens (tertiary/aromatic N) is 2. The van der Waals surface area contributed by atoms with E-state index in [-0.39, 0.29) is 44.5 Å². The van der Waals surface area contributed by atoms with Crippen LogP contribution in [0.5, 0.6) is 5.75 Å². The number of rotatable bonds is 16. The van der Waals surface area contributed by atoms with Crippen molar-refractivity contribution in [2.45, 2.75) is 45.3 Å². The highest BCUT2D eigenvalue weighted by atomic mass is 16.9. The Hall–Kier alpha value is -2.88. The third kappa shape index (κ3) is 10.1. The second-order valence-electron chi connectivity index (χ2n) is 6.85. The first-order chi connectivity index (χ1) is 14.4. The smallest absolute Gasteiger partial charge is 0.294 e. The Labute approximate surface area is 176 Å². The van der Waals surface area contributed by atoms with E-state index in [9.17, 15) is 19.7 Å². The summed E-state index contributed by atoms with van der Waals surface area (Å²) in [6.45, 7) is 4.71. The van der Waals surface area contributed by atoms with Gasteiger partial charge in [-0.1, -0.05) is 12.1 Å². The van der Waals surface area contributed by atoms with Crippen LogP contribution in [0.25, 0.3) is 0 Å². The topological polar surface area (TPSA) is 117 Å². The van der Waals surface area contributed by atoms with Gasteiger partial charge in [-0.2, -0.15) is 0 Å². The Morgan fingerprint density at radius 1 is 1.23 bits per heavy atom. The van der Waals surface area contributed by atoms with Gasteiger partial charge in [-0.05, 0) is 44.4 Å². The summed E-state index contributed by atoms with van der Waals surface area (Å²) in [5.41, 5.74) is 1.11. The second kappa shape index (κ2) is 14.2. The molecule has 168 valence electrons. The number of amides is 1. The van der Waals surface area contributed by atoms with Crippen molar-refractivity contribution in [2.24, 2.45) is 0 Å². The quantitative estimate of drug-likeness (QED) is 0.171. The summed E-state index contributed by atoms with van der Waals surface area (Å²) in [5.74, 6) is 0.411. The number of hydrogen-bond donors (Lipinski definition) is 0. The fourth-order valence-corrected chi connectivity index (χ4v) is 2.70. The highest BCUT2D eigenvalue weighted by Crippen LogP contribution is 2.14. The van der Waals surface area contributed by atoms with Crippen LogP contribution in [0.1, 0.15) is 32.3 Å². The molecule has 1 aromatic rings. The zero-order chi connectivity index (χ0) is 22.4. The molecule has 0 N–H and O–H groups in total. The normalized spacial score (nSPS) is 11.6. The summed E-state index contributed by atoms with van der Waals surface area (Å²) in [6, 6.07) is 7.36. The van der Waals surface area contributed by atoms with Crippen molar-refractivity contribution >= 4 is 12.4 Å². The number of carbonyl (C=O) groups is 2. The predicted molar refractivity (Wildman–Crippen MR) is 107 cm³/mol. The van der Waals surface area contributed by atoms with Gasteiger partial charge in [-0.3, -0.25) is 9.59 Å². The summed E-state index contributed by atoms with van der Waals surface area (Å²) in [6.07, 6.45) is 0.445. The van der Waals surface area contributed by atoms with E-state index < -0.39 is 11.2 Å². The van der Waals surface area contributed by atoms with Crippen molar-refractivity contribution in [1.29, 1.82) is 0 Å². The lowest BCUT2D eigenvalue weighted by molar-refractivity contribution is -0.757. The molecular weight excluding hydrogens is 396 g/mol. The van der Waals surface area contributed by atoms with Gasteiger partial charge in [-0.15, -0.1) is 10.1 Å². The van der Waals surface area contributed by atoms with Gasteiger partial charge in [0.1, 0.15) is 12.4 Å². The third-order valence-corrected chi connectivity index (χ3v) is 4.28. The molecule has 0 saturated heterocycles. The minimum Gasteiger partial charge on any atom is -0.490 e. The van der Waals surface area contributed by atoms with Gasteiger partial charge in [-0.25, -0.2) is 0 Å². The Morgan fingerprint density at radius 3 is 2.50 bits per heavy atom. The fraction of sp³-hybridized carbons (Fsp3) is 0.600. The van der Waals surface area contributed by atoms with Gasteiger partial charge in [0.2, 0.25) is 5.91 Å². The lowest BCUT2D eigenvalue weighted by atomic mass is 10.1. The minimum atomic E-state index is -0.889. The van der Waals surface area contributed by atoms with Crippen molar-refractivity contribution in [3.05, 3.63) is 39.9 Å². The van der Waals surface area contributed by atoms with Crippen LogP contribution >= 0.6 is 0 Å². The number of carbonyl (C=O) groups excluding carboxylic acids is 2. The summed E-state index contributed by atoms with van der Waals surface area (Å²) >= 11 is 0. The van der Waals surface area contributed by atoms with E-state index in [1.54, 1.807) is 12.0 Å². The van der Waals surface area contributed by atoms with Gasteiger partial charge in [0.05, 0.1) is 19.8 Å². The maximum atomic E-state index is 12.5. The standard InChI is InChI=1S/C20H30N2O8/c1-16(2)21(20(24)5-4-11-30-22(25)26)13-19(29-15-23)14-28-18-8-6-17(7-9-18)10-12-27-3/h6-9,15-16,19H,4-5,10-14H2,1-3H3. The molecule has 1 aromatic carbocycles. The summed E-state index contributed by atoms with van der Waals surface area (Å²) in [4.78, 5) is 39.3. The van der Waals surface area contributed by atoms with Gasteiger partial charge >= 0.3 is 0 Å². The fourth-order valence-electron chi connectivity index (χ4n) is 2.70. The van der Waals surface area contributed by atoms with Crippen LogP contribution in [-0.2, 0) is 30.3 Å². The number of ether oxygens (including phenoxy) is 3. The molecule has 30 heavy (non-hydrogen) atoms. The molecule has 0 fully saturated rings. The zero-order valence-corrected chi connectivity index (χ0v) is 17.7. The molecule has 10 heteroatoms. The number of methoxy groups -OCH3 is 1. The summed E-state index contributed by atoms with van der Waals surface area (Å²) < 4.78 is 15.9. The largest absolute Gasteiger partial charge is 0.490 e. The molecule has 0 spiro atoms. The molecule has 0 aromatic heterocycles. The first kappa shape index (κ1) is 25.2. The van der Waals surface area contributed by atoms with Crippen molar-refractivity contribution in [2.75, 3.05) is 33.5 Å². The van der Waals surface area contributed by atoms with Gasteiger partial charge in [0.15, 0.2) is 6.10 Å². The molecule has 0 aliphatic rings. The van der Waals surface area contributed by atoms with Crippen LogP contribution in [0.4, 0.5) is 0 Å². The SMILES string of the molecule is COCCc1ccc(OCC(CN(C(=O)CCCO[N+](=O)[O-])C(C)C)OC=O)cc1. The average Bonchev–Trinajstić information content (AvgIpc) is 2.71. The van der Waals surface area contributed by atoms with Crippen LogP contribution in [0.2, 0.25) is 0 Å². The van der Waals surface area contributed by atoms with Crippen molar-refractivity contribution < 1.29 is 33.7 Å². The monoisotopic (exact) mass is 426 g/mol. The van der Waals surface area contributed by atoms with Crippen LogP contribution in [0.15, 0.2) is 24.3 Å². The molecule has 1 atom stereocenters. The van der Waals surface area contributed by atoms with Gasteiger partial charge < -0.3 is 23.9 Å². The minimum absolute atomic E-state index is 0.0804. The van der Waals surface area contributed by atoms with Crippen LogP contribution in [0.3, 0.4) is 0 Å². The first-order valence-electron chi connectivity index (χ1n) is 9.74. The maximum Gasteiger partial charge on any atom is 0.294 e. The van der Waals surface area contributed by atoms with Gasteiger partial charge in [0, 0.05) is 19.6 Å². The molecule has 0 bridgehead atoms. The van der Waals surface area contributed by atoms with Crippen LogP contribution in [-0.4, -0.2) is 68.0 Å². The second-order valence-corrected chi connectivity index (χ2v) is 6.85. The van der Waals surface area contributed by atoms with Crippen LogP contribution < -0.4 is 4.74 Å².